The number of hydrogen-bond acceptors (Lipinski definition) is 1. The van der Waals surface area contributed by atoms with Crippen molar-refractivity contribution in [1.29, 1.82) is 0 Å². The van der Waals surface area contributed by atoms with Gasteiger partial charge in [0.05, 0.1) is 6.26 Å². The molecule has 1 heterocycles. The minimum atomic E-state index is 0.406. The van der Waals surface area contributed by atoms with Crippen LogP contribution in [0.15, 0.2) is 24.0 Å². The van der Waals surface area contributed by atoms with E-state index < -0.39 is 0 Å². The van der Waals surface area contributed by atoms with Crippen LogP contribution < -0.4 is 0 Å². The fourth-order valence-corrected chi connectivity index (χ4v) is 2.18. The lowest BCUT2D eigenvalue weighted by Gasteiger charge is -2.21. The van der Waals surface area contributed by atoms with Crippen LogP contribution in [0.25, 0.3) is 0 Å². The van der Waals surface area contributed by atoms with Crippen molar-refractivity contribution < 1.29 is 4.74 Å². The maximum atomic E-state index is 5.62. The van der Waals surface area contributed by atoms with E-state index in [9.17, 15) is 0 Å². The van der Waals surface area contributed by atoms with Gasteiger partial charge in [0.15, 0.2) is 0 Å². The number of rotatable bonds is 0. The molecule has 0 amide bonds. The van der Waals surface area contributed by atoms with E-state index in [0.29, 0.717) is 6.10 Å². The third kappa shape index (κ3) is 2.36. The monoisotopic (exact) mass is 178 g/mol. The van der Waals surface area contributed by atoms with Crippen molar-refractivity contribution in [1.82, 2.24) is 0 Å². The van der Waals surface area contributed by atoms with Crippen LogP contribution in [-0.4, -0.2) is 6.10 Å². The molecule has 0 spiro atoms. The average molecular weight is 178 g/mol. The fourth-order valence-electron chi connectivity index (χ4n) is 2.18. The summed E-state index contributed by atoms with van der Waals surface area (Å²) in [6.45, 7) is 0. The van der Waals surface area contributed by atoms with Gasteiger partial charge in [-0.3, -0.25) is 0 Å². The molecule has 0 aromatic heterocycles. The van der Waals surface area contributed by atoms with Crippen molar-refractivity contribution in [2.45, 2.75) is 51.0 Å². The van der Waals surface area contributed by atoms with E-state index in [1.165, 1.54) is 50.5 Å². The molecule has 0 saturated heterocycles. The molecule has 1 atom stereocenters. The summed E-state index contributed by atoms with van der Waals surface area (Å²) >= 11 is 0. The van der Waals surface area contributed by atoms with Crippen LogP contribution in [0.2, 0.25) is 0 Å². The maximum Gasteiger partial charge on any atom is 0.119 e. The summed E-state index contributed by atoms with van der Waals surface area (Å²) in [6, 6.07) is 0. The Balaban J connectivity index is 2.01. The number of allylic oxidation sites excluding steroid dienone is 2. The van der Waals surface area contributed by atoms with Gasteiger partial charge in [-0.1, -0.05) is 25.3 Å². The summed E-state index contributed by atoms with van der Waals surface area (Å²) in [6.07, 6.45) is 15.9. The van der Waals surface area contributed by atoms with Crippen molar-refractivity contribution in [2.24, 2.45) is 0 Å². The molecule has 2 aliphatic rings. The molecule has 1 fully saturated rings. The Morgan fingerprint density at radius 2 is 1.92 bits per heavy atom. The highest BCUT2D eigenvalue weighted by atomic mass is 16.5. The van der Waals surface area contributed by atoms with Crippen LogP contribution in [0.1, 0.15) is 44.9 Å². The lowest BCUT2D eigenvalue weighted by molar-refractivity contribution is 0.157. The SMILES string of the molecule is C1=COC2CCCCCCCC2=C1. The minimum Gasteiger partial charge on any atom is -0.494 e. The van der Waals surface area contributed by atoms with Gasteiger partial charge in [-0.15, -0.1) is 0 Å². The lowest BCUT2D eigenvalue weighted by Crippen LogP contribution is -2.15. The maximum absolute atomic E-state index is 5.62. The second-order valence-electron chi connectivity index (χ2n) is 4.00. The molecule has 1 nitrogen and oxygen atoms in total. The average Bonchev–Trinajstić information content (AvgIpc) is 2.28. The van der Waals surface area contributed by atoms with Gasteiger partial charge < -0.3 is 4.74 Å². The molecule has 1 unspecified atom stereocenters. The van der Waals surface area contributed by atoms with Crippen LogP contribution >= 0.6 is 0 Å². The zero-order chi connectivity index (χ0) is 8.93. The van der Waals surface area contributed by atoms with E-state index in [1.807, 2.05) is 12.3 Å². The summed E-state index contributed by atoms with van der Waals surface area (Å²) < 4.78 is 5.62. The fraction of sp³-hybridized carbons (Fsp3) is 0.667. The third-order valence-corrected chi connectivity index (χ3v) is 2.98. The predicted octanol–water partition coefficient (Wildman–Crippen LogP) is 3.57. The van der Waals surface area contributed by atoms with Gasteiger partial charge in [0.25, 0.3) is 0 Å². The molecule has 13 heavy (non-hydrogen) atoms. The molecule has 0 bridgehead atoms. The molecule has 0 N–H and O–H groups in total. The first kappa shape index (κ1) is 8.86. The van der Waals surface area contributed by atoms with Crippen molar-refractivity contribution in [2.75, 3.05) is 0 Å². The number of fused-ring (bicyclic) bond motifs is 1. The van der Waals surface area contributed by atoms with Crippen molar-refractivity contribution in [3.8, 4) is 0 Å². The summed E-state index contributed by atoms with van der Waals surface area (Å²) in [4.78, 5) is 0. The van der Waals surface area contributed by atoms with Gasteiger partial charge in [-0.25, -0.2) is 0 Å². The molecule has 0 aromatic carbocycles. The summed E-state index contributed by atoms with van der Waals surface area (Å²) in [5, 5.41) is 0. The zero-order valence-corrected chi connectivity index (χ0v) is 8.17. The van der Waals surface area contributed by atoms with Gasteiger partial charge in [-0.05, 0) is 37.3 Å². The van der Waals surface area contributed by atoms with E-state index in [4.69, 9.17) is 4.74 Å². The van der Waals surface area contributed by atoms with Crippen LogP contribution in [0.4, 0.5) is 0 Å². The highest BCUT2D eigenvalue weighted by Crippen LogP contribution is 2.26. The van der Waals surface area contributed by atoms with Crippen molar-refractivity contribution >= 4 is 0 Å². The largest absolute Gasteiger partial charge is 0.494 e. The Morgan fingerprint density at radius 1 is 1.08 bits per heavy atom. The first-order valence-electron chi connectivity index (χ1n) is 5.48. The molecule has 1 saturated carbocycles. The molecule has 0 aromatic rings. The third-order valence-electron chi connectivity index (χ3n) is 2.98. The standard InChI is InChI=1S/C12H18O/c1-2-4-7-11-8-6-10-13-12(11)9-5-3-1/h6,8,10,12H,1-5,7,9H2. The van der Waals surface area contributed by atoms with Crippen LogP contribution in [0.3, 0.4) is 0 Å². The second-order valence-corrected chi connectivity index (χ2v) is 4.00. The highest BCUT2D eigenvalue weighted by molar-refractivity contribution is 5.19. The van der Waals surface area contributed by atoms with E-state index in [-0.39, 0.29) is 0 Å². The first-order chi connectivity index (χ1) is 6.47. The summed E-state index contributed by atoms with van der Waals surface area (Å²) in [7, 11) is 0. The van der Waals surface area contributed by atoms with Gasteiger partial charge in [0.2, 0.25) is 0 Å². The molecule has 1 aliphatic heterocycles. The molecule has 0 radical (unpaired) electrons. The number of ether oxygens (including phenoxy) is 1. The second kappa shape index (κ2) is 4.50. The van der Waals surface area contributed by atoms with E-state index in [0.717, 1.165) is 0 Å². The van der Waals surface area contributed by atoms with Gasteiger partial charge >= 0.3 is 0 Å². The normalized spacial score (nSPS) is 28.9. The minimum absolute atomic E-state index is 0.406. The van der Waals surface area contributed by atoms with E-state index in [2.05, 4.69) is 6.08 Å². The lowest BCUT2D eigenvalue weighted by atomic mass is 9.99. The Morgan fingerprint density at radius 3 is 2.92 bits per heavy atom. The van der Waals surface area contributed by atoms with Crippen LogP contribution in [0, 0.1) is 0 Å². The number of hydrogen-bond donors (Lipinski definition) is 0. The molecule has 1 heteroatoms. The molecule has 1 aliphatic carbocycles. The predicted molar refractivity (Wildman–Crippen MR) is 54.4 cm³/mol. The van der Waals surface area contributed by atoms with E-state index in [1.54, 1.807) is 0 Å². The highest BCUT2D eigenvalue weighted by Gasteiger charge is 2.16. The summed E-state index contributed by atoms with van der Waals surface area (Å²) in [5.41, 5.74) is 1.52. The molecular formula is C12H18O. The van der Waals surface area contributed by atoms with E-state index >= 15 is 0 Å². The zero-order valence-electron chi connectivity index (χ0n) is 8.17. The van der Waals surface area contributed by atoms with Crippen molar-refractivity contribution in [3.63, 3.8) is 0 Å². The smallest absolute Gasteiger partial charge is 0.119 e. The van der Waals surface area contributed by atoms with Crippen LogP contribution in [0.5, 0.6) is 0 Å². The van der Waals surface area contributed by atoms with Gasteiger partial charge in [-0.2, -0.15) is 0 Å². The molecule has 2 rings (SSSR count). The molecular weight excluding hydrogens is 160 g/mol. The Hall–Kier alpha value is -0.720. The van der Waals surface area contributed by atoms with Gasteiger partial charge in [0, 0.05) is 0 Å². The molecule has 72 valence electrons. The van der Waals surface area contributed by atoms with Crippen LogP contribution in [-0.2, 0) is 4.74 Å². The Labute approximate surface area is 80.5 Å². The summed E-state index contributed by atoms with van der Waals surface area (Å²) in [5.74, 6) is 0. The topological polar surface area (TPSA) is 9.23 Å². The Bertz CT molecular complexity index is 215. The quantitative estimate of drug-likeness (QED) is 0.551. The van der Waals surface area contributed by atoms with Gasteiger partial charge in [0.1, 0.15) is 6.10 Å². The first-order valence-corrected chi connectivity index (χ1v) is 5.48. The van der Waals surface area contributed by atoms with Crippen molar-refractivity contribution in [3.05, 3.63) is 24.0 Å². The Kier molecular flexibility index (Phi) is 3.07.